The number of H-pyrrole nitrogens is 1. The van der Waals surface area contributed by atoms with Gasteiger partial charge in [-0.15, -0.1) is 0 Å². The zero-order valence-corrected chi connectivity index (χ0v) is 12.5. The van der Waals surface area contributed by atoms with Crippen LogP contribution in [0.4, 0.5) is 8.78 Å². The molecule has 0 radical (unpaired) electrons. The van der Waals surface area contributed by atoms with Crippen molar-refractivity contribution in [3.05, 3.63) is 64.4 Å². The highest BCUT2D eigenvalue weighted by molar-refractivity contribution is 6.30. The zero-order valence-electron chi connectivity index (χ0n) is 11.7. The largest absolute Gasteiger partial charge is 0.457 e. The number of carbonyl (C=O) groups is 1. The number of alkyl halides is 2. The van der Waals surface area contributed by atoms with Crippen LogP contribution in [0.25, 0.3) is 11.0 Å². The van der Waals surface area contributed by atoms with Gasteiger partial charge in [0.25, 0.3) is 6.43 Å². The number of nitrogens with one attached hydrogen (secondary N) is 1. The van der Waals surface area contributed by atoms with Crippen molar-refractivity contribution in [2.24, 2.45) is 0 Å². The molecule has 118 valence electrons. The van der Waals surface area contributed by atoms with Crippen LogP contribution in [0.5, 0.6) is 0 Å². The number of halogens is 3. The molecule has 3 rings (SSSR count). The van der Waals surface area contributed by atoms with E-state index in [2.05, 4.69) is 9.97 Å². The second-order valence-electron chi connectivity index (χ2n) is 4.86. The predicted molar refractivity (Wildman–Crippen MR) is 81.6 cm³/mol. The van der Waals surface area contributed by atoms with Crippen molar-refractivity contribution in [1.29, 1.82) is 0 Å². The zero-order chi connectivity index (χ0) is 16.4. The monoisotopic (exact) mass is 336 g/mol. The van der Waals surface area contributed by atoms with E-state index in [1.807, 2.05) is 0 Å². The van der Waals surface area contributed by atoms with Crippen LogP contribution in [0, 0.1) is 0 Å². The summed E-state index contributed by atoms with van der Waals surface area (Å²) in [5, 5.41) is 0.597. The molecule has 1 N–H and O–H groups in total. The molecule has 0 saturated carbocycles. The molecule has 0 unspecified atom stereocenters. The molecular formula is C16H11ClF2N2O2. The number of benzene rings is 2. The average molecular weight is 337 g/mol. The van der Waals surface area contributed by atoms with E-state index in [0.717, 1.165) is 5.56 Å². The average Bonchev–Trinajstić information content (AvgIpc) is 2.97. The van der Waals surface area contributed by atoms with E-state index < -0.39 is 18.2 Å². The Balaban J connectivity index is 1.73. The molecule has 0 atom stereocenters. The molecule has 0 aliphatic heterocycles. The minimum Gasteiger partial charge on any atom is -0.457 e. The maximum Gasteiger partial charge on any atom is 0.338 e. The summed E-state index contributed by atoms with van der Waals surface area (Å²) in [4.78, 5) is 18.3. The number of fused-ring (bicyclic) bond motifs is 1. The van der Waals surface area contributed by atoms with Crippen LogP contribution in [-0.2, 0) is 11.3 Å². The van der Waals surface area contributed by atoms with Crippen LogP contribution in [0.2, 0.25) is 5.02 Å². The first-order valence-corrected chi connectivity index (χ1v) is 7.10. The smallest absolute Gasteiger partial charge is 0.338 e. The fourth-order valence-electron chi connectivity index (χ4n) is 2.07. The summed E-state index contributed by atoms with van der Waals surface area (Å²) in [6.45, 7) is 0.0965. The summed E-state index contributed by atoms with van der Waals surface area (Å²) in [7, 11) is 0. The molecule has 4 nitrogen and oxygen atoms in total. The van der Waals surface area contributed by atoms with Crippen molar-refractivity contribution in [3.63, 3.8) is 0 Å². The number of rotatable bonds is 4. The third kappa shape index (κ3) is 3.48. The van der Waals surface area contributed by atoms with E-state index >= 15 is 0 Å². The van der Waals surface area contributed by atoms with E-state index in [4.69, 9.17) is 16.3 Å². The first-order chi connectivity index (χ1) is 11.0. The van der Waals surface area contributed by atoms with Gasteiger partial charge < -0.3 is 9.72 Å². The highest BCUT2D eigenvalue weighted by Gasteiger charge is 2.14. The van der Waals surface area contributed by atoms with Crippen LogP contribution >= 0.6 is 11.6 Å². The van der Waals surface area contributed by atoms with Gasteiger partial charge in [0.2, 0.25) is 0 Å². The quantitative estimate of drug-likeness (QED) is 0.713. The molecule has 0 fully saturated rings. The van der Waals surface area contributed by atoms with Gasteiger partial charge in [0.1, 0.15) is 6.61 Å². The molecule has 0 saturated heterocycles. The lowest BCUT2D eigenvalue weighted by atomic mass is 10.2. The van der Waals surface area contributed by atoms with Gasteiger partial charge in [-0.3, -0.25) is 0 Å². The molecule has 0 spiro atoms. The Hall–Kier alpha value is -2.47. The normalized spacial score (nSPS) is 11.1. The van der Waals surface area contributed by atoms with E-state index in [1.54, 1.807) is 24.3 Å². The third-order valence-corrected chi connectivity index (χ3v) is 3.48. The second-order valence-corrected chi connectivity index (χ2v) is 5.29. The van der Waals surface area contributed by atoms with Gasteiger partial charge in [0, 0.05) is 5.02 Å². The van der Waals surface area contributed by atoms with Gasteiger partial charge in [0.15, 0.2) is 5.82 Å². The SMILES string of the molecule is O=C(OCc1ccc(Cl)cc1)c1ccc2nc(C(F)F)[nH]c2c1. The van der Waals surface area contributed by atoms with E-state index in [9.17, 15) is 13.6 Å². The first kappa shape index (κ1) is 15.4. The maximum atomic E-state index is 12.6. The number of nitrogens with zero attached hydrogens (tertiary/aromatic N) is 1. The summed E-state index contributed by atoms with van der Waals surface area (Å²) in [6, 6.07) is 11.3. The summed E-state index contributed by atoms with van der Waals surface area (Å²) < 4.78 is 30.4. The minimum absolute atomic E-state index is 0.0965. The Kier molecular flexibility index (Phi) is 4.25. The van der Waals surface area contributed by atoms with E-state index in [-0.39, 0.29) is 12.2 Å². The summed E-state index contributed by atoms with van der Waals surface area (Å²) >= 11 is 5.78. The van der Waals surface area contributed by atoms with E-state index in [0.29, 0.717) is 16.1 Å². The van der Waals surface area contributed by atoms with Gasteiger partial charge >= 0.3 is 5.97 Å². The fraction of sp³-hybridized carbons (Fsp3) is 0.125. The number of ether oxygens (including phenoxy) is 1. The number of aromatic amines is 1. The molecule has 0 aliphatic carbocycles. The molecule has 23 heavy (non-hydrogen) atoms. The molecule has 7 heteroatoms. The molecule has 0 bridgehead atoms. The van der Waals surface area contributed by atoms with Gasteiger partial charge in [-0.25, -0.2) is 18.6 Å². The summed E-state index contributed by atoms with van der Waals surface area (Å²) in [6.07, 6.45) is -2.69. The number of carbonyl (C=O) groups excluding carboxylic acids is 1. The third-order valence-electron chi connectivity index (χ3n) is 3.23. The van der Waals surface area contributed by atoms with Gasteiger partial charge in [0.05, 0.1) is 16.6 Å². The molecule has 2 aromatic carbocycles. The number of hydrogen-bond acceptors (Lipinski definition) is 3. The van der Waals surface area contributed by atoms with Crippen LogP contribution in [0.1, 0.15) is 28.2 Å². The second kappa shape index (κ2) is 6.34. The molecule has 1 heterocycles. The Labute approximate surface area is 135 Å². The lowest BCUT2D eigenvalue weighted by Gasteiger charge is -2.05. The summed E-state index contributed by atoms with van der Waals surface area (Å²) in [5.74, 6) is -0.971. The molecule has 3 aromatic rings. The van der Waals surface area contributed by atoms with Crippen molar-refractivity contribution in [1.82, 2.24) is 9.97 Å². The van der Waals surface area contributed by atoms with Gasteiger partial charge in [-0.2, -0.15) is 0 Å². The Morgan fingerprint density at radius 1 is 1.22 bits per heavy atom. The molecule has 0 aliphatic rings. The lowest BCUT2D eigenvalue weighted by Crippen LogP contribution is -2.05. The molecular weight excluding hydrogens is 326 g/mol. The van der Waals surface area contributed by atoms with E-state index in [1.165, 1.54) is 18.2 Å². The topological polar surface area (TPSA) is 55.0 Å². The van der Waals surface area contributed by atoms with Crippen molar-refractivity contribution in [3.8, 4) is 0 Å². The van der Waals surface area contributed by atoms with Crippen molar-refractivity contribution in [2.45, 2.75) is 13.0 Å². The molecule has 1 aromatic heterocycles. The Morgan fingerprint density at radius 3 is 2.65 bits per heavy atom. The van der Waals surface area contributed by atoms with Crippen LogP contribution in [0.15, 0.2) is 42.5 Å². The van der Waals surface area contributed by atoms with Crippen molar-refractivity contribution >= 4 is 28.6 Å². The van der Waals surface area contributed by atoms with Gasteiger partial charge in [-0.05, 0) is 35.9 Å². The fourth-order valence-corrected chi connectivity index (χ4v) is 2.20. The van der Waals surface area contributed by atoms with Crippen LogP contribution in [0.3, 0.4) is 0 Å². The number of imidazole rings is 1. The Morgan fingerprint density at radius 2 is 1.96 bits per heavy atom. The summed E-state index contributed by atoms with van der Waals surface area (Å²) in [5.41, 5.74) is 1.79. The number of aromatic nitrogens is 2. The first-order valence-electron chi connectivity index (χ1n) is 6.72. The van der Waals surface area contributed by atoms with Crippen molar-refractivity contribution < 1.29 is 18.3 Å². The minimum atomic E-state index is -2.69. The van der Waals surface area contributed by atoms with Crippen LogP contribution < -0.4 is 0 Å². The lowest BCUT2D eigenvalue weighted by molar-refractivity contribution is 0.0473. The maximum absolute atomic E-state index is 12.6. The number of hydrogen-bond donors (Lipinski definition) is 1. The molecule has 0 amide bonds. The van der Waals surface area contributed by atoms with Crippen molar-refractivity contribution in [2.75, 3.05) is 0 Å². The standard InChI is InChI=1S/C16H11ClF2N2O2/c17-11-4-1-9(2-5-11)8-23-16(22)10-3-6-12-13(7-10)21-15(20-12)14(18)19/h1-7,14H,8H2,(H,20,21). The number of esters is 1. The van der Waals surface area contributed by atoms with Crippen LogP contribution in [-0.4, -0.2) is 15.9 Å². The highest BCUT2D eigenvalue weighted by Crippen LogP contribution is 2.21. The van der Waals surface area contributed by atoms with Gasteiger partial charge in [-0.1, -0.05) is 23.7 Å². The Bertz CT molecular complexity index is 847. The highest BCUT2D eigenvalue weighted by atomic mass is 35.5. The predicted octanol–water partition coefficient (Wildman–Crippen LogP) is 4.51.